The number of rotatable bonds is 7. The lowest BCUT2D eigenvalue weighted by Gasteiger charge is -2.37. The van der Waals surface area contributed by atoms with Crippen LogP contribution < -0.4 is 19.9 Å². The van der Waals surface area contributed by atoms with Gasteiger partial charge in [-0.1, -0.05) is 32.0 Å². The van der Waals surface area contributed by atoms with Gasteiger partial charge in [-0.05, 0) is 24.1 Å². The van der Waals surface area contributed by atoms with E-state index in [1.54, 1.807) is 13.3 Å². The summed E-state index contributed by atoms with van der Waals surface area (Å²) >= 11 is 0. The van der Waals surface area contributed by atoms with Crippen LogP contribution in [-0.4, -0.2) is 55.4 Å². The Hall–Kier alpha value is -2.80. The molecular weight excluding hydrogens is 368 g/mol. The number of nitrogens with zero attached hydrogens (tertiary/aromatic N) is 3. The second-order valence-electron chi connectivity index (χ2n) is 7.54. The number of aromatic nitrogens is 1. The van der Waals surface area contributed by atoms with Gasteiger partial charge in [0.2, 0.25) is 5.91 Å². The van der Waals surface area contributed by atoms with Crippen molar-refractivity contribution in [2.75, 3.05) is 43.1 Å². The highest BCUT2D eigenvalue weighted by Gasteiger charge is 2.23. The van der Waals surface area contributed by atoms with Crippen molar-refractivity contribution in [3.63, 3.8) is 0 Å². The molecule has 1 aliphatic rings. The molecule has 2 aromatic rings. The van der Waals surface area contributed by atoms with Crippen LogP contribution in [0.3, 0.4) is 0 Å². The van der Waals surface area contributed by atoms with E-state index in [0.717, 1.165) is 49.0 Å². The molecule has 1 saturated heterocycles. The van der Waals surface area contributed by atoms with Crippen molar-refractivity contribution in [1.82, 2.24) is 10.3 Å². The van der Waals surface area contributed by atoms with Crippen molar-refractivity contribution in [3.05, 3.63) is 48.2 Å². The lowest BCUT2D eigenvalue weighted by molar-refractivity contribution is -0.131. The number of ether oxygens (including phenoxy) is 1. The van der Waals surface area contributed by atoms with Gasteiger partial charge >= 0.3 is 0 Å². The van der Waals surface area contributed by atoms with Crippen LogP contribution in [-0.2, 0) is 11.3 Å². The summed E-state index contributed by atoms with van der Waals surface area (Å²) in [5, 5.41) is 12.7. The Bertz CT molecular complexity index is 819. The minimum atomic E-state index is -1.00. The molecule has 2 N–H and O–H groups in total. The molecule has 1 amide bonds. The number of hydrogen-bond donors (Lipinski definition) is 2. The number of pyridine rings is 1. The number of aliphatic hydroxyl groups excluding tert-OH is 1. The second kappa shape index (κ2) is 9.60. The Balaban J connectivity index is 1.65. The Labute approximate surface area is 172 Å². The highest BCUT2D eigenvalue weighted by atomic mass is 16.5. The molecular formula is C22H30N4O3. The number of methoxy groups -OCH3 is 1. The van der Waals surface area contributed by atoms with Crippen molar-refractivity contribution in [1.29, 1.82) is 0 Å². The van der Waals surface area contributed by atoms with Crippen LogP contribution >= 0.6 is 0 Å². The van der Waals surface area contributed by atoms with E-state index in [9.17, 15) is 9.90 Å². The summed E-state index contributed by atoms with van der Waals surface area (Å²) in [5.41, 5.74) is 2.05. The van der Waals surface area contributed by atoms with Gasteiger partial charge in [0.25, 0.3) is 0 Å². The number of hydrogen-bond acceptors (Lipinski definition) is 6. The van der Waals surface area contributed by atoms with Gasteiger partial charge in [0.15, 0.2) is 0 Å². The summed E-state index contributed by atoms with van der Waals surface area (Å²) in [6.45, 7) is 7.35. The molecule has 1 aliphatic heterocycles. The standard InChI is InChI=1S/C22H30N4O3/c1-16(2)20(27)22(28)24-15-17-7-6-10-23-21(17)26-13-11-25(12-14-26)18-8-4-5-9-19(18)29-3/h4-10,16,20,27H,11-15H2,1-3H3,(H,24,28)/t20-/m1/s1. The molecule has 0 spiro atoms. The summed E-state index contributed by atoms with van der Waals surface area (Å²) in [7, 11) is 1.69. The van der Waals surface area contributed by atoms with Crippen molar-refractivity contribution >= 4 is 17.4 Å². The van der Waals surface area contributed by atoms with Gasteiger partial charge in [-0.3, -0.25) is 4.79 Å². The zero-order chi connectivity index (χ0) is 20.8. The third kappa shape index (κ3) is 4.98. The number of amides is 1. The van der Waals surface area contributed by atoms with Gasteiger partial charge in [0.1, 0.15) is 17.7 Å². The molecule has 1 aromatic carbocycles. The maximum atomic E-state index is 12.1. The predicted molar refractivity (Wildman–Crippen MR) is 114 cm³/mol. The quantitative estimate of drug-likeness (QED) is 0.743. The molecule has 156 valence electrons. The van der Waals surface area contributed by atoms with E-state index in [-0.39, 0.29) is 11.8 Å². The molecule has 0 saturated carbocycles. The van der Waals surface area contributed by atoms with E-state index in [4.69, 9.17) is 4.74 Å². The highest BCUT2D eigenvalue weighted by molar-refractivity contribution is 5.80. The number of carbonyl (C=O) groups is 1. The number of anilines is 2. The summed E-state index contributed by atoms with van der Waals surface area (Å²) in [6, 6.07) is 11.9. The Morgan fingerprint density at radius 2 is 1.83 bits per heavy atom. The number of nitrogens with one attached hydrogen (secondary N) is 1. The SMILES string of the molecule is COc1ccccc1N1CCN(c2ncccc2CNC(=O)[C@H](O)C(C)C)CC1. The Morgan fingerprint density at radius 1 is 1.14 bits per heavy atom. The first-order valence-electron chi connectivity index (χ1n) is 10.0. The van der Waals surface area contributed by atoms with E-state index < -0.39 is 6.10 Å². The number of carbonyl (C=O) groups excluding carboxylic acids is 1. The summed E-state index contributed by atoms with van der Waals surface area (Å²) in [5.74, 6) is 1.29. The number of piperazine rings is 1. The second-order valence-corrected chi connectivity index (χ2v) is 7.54. The van der Waals surface area contributed by atoms with Gasteiger partial charge in [-0.15, -0.1) is 0 Å². The van der Waals surface area contributed by atoms with Crippen LogP contribution in [0.4, 0.5) is 11.5 Å². The summed E-state index contributed by atoms with van der Waals surface area (Å²) in [4.78, 5) is 21.2. The fraction of sp³-hybridized carbons (Fsp3) is 0.455. The van der Waals surface area contributed by atoms with Gasteiger partial charge < -0.3 is 25.0 Å². The molecule has 7 nitrogen and oxygen atoms in total. The molecule has 0 radical (unpaired) electrons. The fourth-order valence-electron chi connectivity index (χ4n) is 3.49. The van der Waals surface area contributed by atoms with Crippen LogP contribution in [0.25, 0.3) is 0 Å². The molecule has 0 bridgehead atoms. The average Bonchev–Trinajstić information content (AvgIpc) is 2.77. The number of para-hydroxylation sites is 2. The Kier molecular flexibility index (Phi) is 6.93. The molecule has 0 aliphatic carbocycles. The van der Waals surface area contributed by atoms with Crippen molar-refractivity contribution < 1.29 is 14.6 Å². The molecule has 3 rings (SSSR count). The van der Waals surface area contributed by atoms with Crippen LogP contribution in [0.1, 0.15) is 19.4 Å². The van der Waals surface area contributed by atoms with Crippen molar-refractivity contribution in [3.8, 4) is 5.75 Å². The van der Waals surface area contributed by atoms with Crippen molar-refractivity contribution in [2.45, 2.75) is 26.5 Å². The van der Waals surface area contributed by atoms with Gasteiger partial charge in [0.05, 0.1) is 12.8 Å². The largest absolute Gasteiger partial charge is 0.495 e. The van der Waals surface area contributed by atoms with Crippen molar-refractivity contribution in [2.24, 2.45) is 5.92 Å². The number of benzene rings is 1. The van der Waals surface area contributed by atoms with Crippen LogP contribution in [0.5, 0.6) is 5.75 Å². The molecule has 2 heterocycles. The van der Waals surface area contributed by atoms with Gasteiger partial charge in [-0.2, -0.15) is 0 Å². The van der Waals surface area contributed by atoms with Crippen LogP contribution in [0.15, 0.2) is 42.6 Å². The first-order chi connectivity index (χ1) is 14.0. The van der Waals surface area contributed by atoms with E-state index >= 15 is 0 Å². The lowest BCUT2D eigenvalue weighted by atomic mass is 10.1. The maximum Gasteiger partial charge on any atom is 0.249 e. The zero-order valence-corrected chi connectivity index (χ0v) is 17.3. The summed E-state index contributed by atoms with van der Waals surface area (Å²) in [6.07, 6.45) is 0.774. The Morgan fingerprint density at radius 3 is 2.52 bits per heavy atom. The molecule has 1 aromatic heterocycles. The fourth-order valence-corrected chi connectivity index (χ4v) is 3.49. The molecule has 29 heavy (non-hydrogen) atoms. The average molecular weight is 399 g/mol. The third-order valence-corrected chi connectivity index (χ3v) is 5.23. The van der Waals surface area contributed by atoms with E-state index in [1.807, 2.05) is 44.2 Å². The maximum absolute atomic E-state index is 12.1. The minimum absolute atomic E-state index is 0.119. The zero-order valence-electron chi connectivity index (χ0n) is 17.3. The first-order valence-corrected chi connectivity index (χ1v) is 10.0. The highest BCUT2D eigenvalue weighted by Crippen LogP contribution is 2.29. The van der Waals surface area contributed by atoms with E-state index in [2.05, 4.69) is 26.2 Å². The predicted octanol–water partition coefficient (Wildman–Crippen LogP) is 2.05. The molecule has 7 heteroatoms. The van der Waals surface area contributed by atoms with Crippen LogP contribution in [0.2, 0.25) is 0 Å². The smallest absolute Gasteiger partial charge is 0.249 e. The molecule has 1 atom stereocenters. The lowest BCUT2D eigenvalue weighted by Crippen LogP contribution is -2.47. The summed E-state index contributed by atoms with van der Waals surface area (Å²) < 4.78 is 5.49. The minimum Gasteiger partial charge on any atom is -0.495 e. The molecule has 0 unspecified atom stereocenters. The number of aliphatic hydroxyl groups is 1. The normalized spacial score (nSPS) is 15.3. The van der Waals surface area contributed by atoms with Gasteiger partial charge in [0, 0.05) is 44.5 Å². The van der Waals surface area contributed by atoms with E-state index in [0.29, 0.717) is 6.54 Å². The monoisotopic (exact) mass is 398 g/mol. The molecule has 1 fully saturated rings. The van der Waals surface area contributed by atoms with E-state index in [1.165, 1.54) is 0 Å². The first kappa shape index (κ1) is 20.9. The van der Waals surface area contributed by atoms with Gasteiger partial charge in [-0.25, -0.2) is 4.98 Å². The van der Waals surface area contributed by atoms with Crippen LogP contribution in [0, 0.1) is 5.92 Å². The topological polar surface area (TPSA) is 77.9 Å². The third-order valence-electron chi connectivity index (χ3n) is 5.23.